The average molecular weight is 312 g/mol. The number of nitrogens with zero attached hydrogens (tertiary/aromatic N) is 2. The Hall–Kier alpha value is -2.76. The van der Waals surface area contributed by atoms with Crippen LogP contribution >= 0.6 is 0 Å². The fraction of sp³-hybridized carbons (Fsp3) is 0.294. The van der Waals surface area contributed by atoms with Crippen molar-refractivity contribution in [1.82, 2.24) is 15.3 Å². The van der Waals surface area contributed by atoms with Gasteiger partial charge in [-0.2, -0.15) is 0 Å². The summed E-state index contributed by atoms with van der Waals surface area (Å²) < 4.78 is 0. The van der Waals surface area contributed by atoms with E-state index in [0.29, 0.717) is 17.2 Å². The molecule has 0 aliphatic heterocycles. The molecule has 0 saturated heterocycles. The second kappa shape index (κ2) is 7.49. The van der Waals surface area contributed by atoms with Crippen LogP contribution in [0.15, 0.2) is 36.5 Å². The van der Waals surface area contributed by atoms with Crippen molar-refractivity contribution in [3.8, 4) is 0 Å². The van der Waals surface area contributed by atoms with Crippen molar-refractivity contribution in [2.24, 2.45) is 0 Å². The molecule has 0 spiro atoms. The molecule has 2 aromatic rings. The van der Waals surface area contributed by atoms with Gasteiger partial charge >= 0.3 is 0 Å². The number of carbonyl (C=O) groups is 2. The Morgan fingerprint density at radius 2 is 1.87 bits per heavy atom. The van der Waals surface area contributed by atoms with Gasteiger partial charge in [0, 0.05) is 23.5 Å². The molecule has 1 heterocycles. The summed E-state index contributed by atoms with van der Waals surface area (Å²) in [5.41, 5.74) is 1.69. The third-order valence-corrected chi connectivity index (χ3v) is 3.43. The molecule has 0 bridgehead atoms. The van der Waals surface area contributed by atoms with Crippen molar-refractivity contribution in [3.05, 3.63) is 47.8 Å². The topological polar surface area (TPSA) is 84.0 Å². The number of hydrogen-bond acceptors (Lipinski definition) is 5. The fourth-order valence-electron chi connectivity index (χ4n) is 1.86. The maximum absolute atomic E-state index is 12.1. The molecule has 6 nitrogen and oxygen atoms in total. The Morgan fingerprint density at radius 1 is 1.17 bits per heavy atom. The first-order valence-corrected chi connectivity index (χ1v) is 7.51. The van der Waals surface area contributed by atoms with E-state index in [0.717, 1.165) is 12.1 Å². The third kappa shape index (κ3) is 4.60. The van der Waals surface area contributed by atoms with Gasteiger partial charge in [-0.3, -0.25) is 9.59 Å². The van der Waals surface area contributed by atoms with Gasteiger partial charge in [0.05, 0.1) is 0 Å². The van der Waals surface area contributed by atoms with Crippen LogP contribution in [0.1, 0.15) is 48.0 Å². The minimum atomic E-state index is -0.225. The number of rotatable bonds is 6. The van der Waals surface area contributed by atoms with Crippen LogP contribution in [-0.2, 0) is 0 Å². The summed E-state index contributed by atoms with van der Waals surface area (Å²) in [4.78, 5) is 31.6. The van der Waals surface area contributed by atoms with Crippen LogP contribution in [0.3, 0.4) is 0 Å². The van der Waals surface area contributed by atoms with Crippen LogP contribution in [0.25, 0.3) is 0 Å². The fourth-order valence-corrected chi connectivity index (χ4v) is 1.86. The largest absolute Gasteiger partial charge is 0.348 e. The molecule has 0 aliphatic rings. The predicted molar refractivity (Wildman–Crippen MR) is 89.0 cm³/mol. The SMILES string of the molecule is CCC(C)NC(=O)c1ccnc(Nc2ccc(C(C)=O)cc2)n1. The van der Waals surface area contributed by atoms with Gasteiger partial charge < -0.3 is 10.6 Å². The van der Waals surface area contributed by atoms with Crippen molar-refractivity contribution >= 4 is 23.3 Å². The highest BCUT2D eigenvalue weighted by Gasteiger charge is 2.11. The summed E-state index contributed by atoms with van der Waals surface area (Å²) >= 11 is 0. The maximum Gasteiger partial charge on any atom is 0.270 e. The minimum absolute atomic E-state index is 0.0107. The lowest BCUT2D eigenvalue weighted by Gasteiger charge is -2.11. The molecule has 23 heavy (non-hydrogen) atoms. The molecule has 6 heteroatoms. The number of ketones is 1. The van der Waals surface area contributed by atoms with E-state index >= 15 is 0 Å². The third-order valence-electron chi connectivity index (χ3n) is 3.43. The standard InChI is InChI=1S/C17H20N4O2/c1-4-11(2)19-16(23)15-9-10-18-17(21-15)20-14-7-5-13(6-8-14)12(3)22/h5-11H,4H2,1-3H3,(H,19,23)(H,18,20,21). The van der Waals surface area contributed by atoms with Gasteiger partial charge in [-0.05, 0) is 50.6 Å². The average Bonchev–Trinajstić information content (AvgIpc) is 2.55. The van der Waals surface area contributed by atoms with Gasteiger partial charge in [-0.1, -0.05) is 6.92 Å². The van der Waals surface area contributed by atoms with Crippen molar-refractivity contribution in [1.29, 1.82) is 0 Å². The molecular formula is C17H20N4O2. The van der Waals surface area contributed by atoms with Crippen LogP contribution in [0, 0.1) is 0 Å². The van der Waals surface area contributed by atoms with E-state index in [4.69, 9.17) is 0 Å². The van der Waals surface area contributed by atoms with Crippen molar-refractivity contribution in [2.45, 2.75) is 33.2 Å². The minimum Gasteiger partial charge on any atom is -0.348 e. The Kier molecular flexibility index (Phi) is 5.41. The van der Waals surface area contributed by atoms with Crippen molar-refractivity contribution < 1.29 is 9.59 Å². The number of anilines is 2. The van der Waals surface area contributed by atoms with Gasteiger partial charge in [0.2, 0.25) is 5.95 Å². The van der Waals surface area contributed by atoms with E-state index in [9.17, 15) is 9.59 Å². The number of benzene rings is 1. The lowest BCUT2D eigenvalue weighted by atomic mass is 10.1. The smallest absolute Gasteiger partial charge is 0.270 e. The normalized spacial score (nSPS) is 11.6. The molecule has 0 fully saturated rings. The molecule has 1 aromatic heterocycles. The lowest BCUT2D eigenvalue weighted by molar-refractivity contribution is 0.0933. The maximum atomic E-state index is 12.1. The Bertz CT molecular complexity index is 698. The second-order valence-electron chi connectivity index (χ2n) is 5.31. The summed E-state index contributed by atoms with van der Waals surface area (Å²) in [5, 5.41) is 5.88. The quantitative estimate of drug-likeness (QED) is 0.801. The van der Waals surface area contributed by atoms with Crippen LogP contribution in [0.2, 0.25) is 0 Å². The number of aromatic nitrogens is 2. The summed E-state index contributed by atoms with van der Waals surface area (Å²) in [6.45, 7) is 5.46. The Morgan fingerprint density at radius 3 is 2.48 bits per heavy atom. The number of amides is 1. The molecule has 0 aliphatic carbocycles. The lowest BCUT2D eigenvalue weighted by Crippen LogP contribution is -2.32. The highest BCUT2D eigenvalue weighted by Crippen LogP contribution is 2.14. The predicted octanol–water partition coefficient (Wildman–Crippen LogP) is 2.95. The zero-order valence-electron chi connectivity index (χ0n) is 13.5. The van der Waals surface area contributed by atoms with Crippen LogP contribution in [0.4, 0.5) is 11.6 Å². The first-order chi connectivity index (χ1) is 11.0. The number of hydrogen-bond donors (Lipinski definition) is 2. The van der Waals surface area contributed by atoms with Gasteiger partial charge in [-0.25, -0.2) is 9.97 Å². The molecule has 1 atom stereocenters. The van der Waals surface area contributed by atoms with Gasteiger partial charge in [-0.15, -0.1) is 0 Å². The highest BCUT2D eigenvalue weighted by atomic mass is 16.2. The molecule has 0 saturated carbocycles. The summed E-state index contributed by atoms with van der Waals surface area (Å²) in [5.74, 6) is 0.116. The second-order valence-corrected chi connectivity index (χ2v) is 5.31. The van der Waals surface area contributed by atoms with Crippen LogP contribution in [0.5, 0.6) is 0 Å². The van der Waals surface area contributed by atoms with Crippen molar-refractivity contribution in [2.75, 3.05) is 5.32 Å². The van der Waals surface area contributed by atoms with E-state index in [2.05, 4.69) is 20.6 Å². The zero-order valence-corrected chi connectivity index (χ0v) is 13.5. The van der Waals surface area contributed by atoms with E-state index in [1.807, 2.05) is 13.8 Å². The molecule has 2 N–H and O–H groups in total. The number of nitrogens with one attached hydrogen (secondary N) is 2. The molecule has 1 amide bonds. The Labute approximate surface area is 135 Å². The Balaban J connectivity index is 2.10. The van der Waals surface area contributed by atoms with Gasteiger partial charge in [0.25, 0.3) is 5.91 Å². The number of carbonyl (C=O) groups excluding carboxylic acids is 2. The summed E-state index contributed by atoms with van der Waals surface area (Å²) in [6.07, 6.45) is 2.38. The molecule has 0 radical (unpaired) electrons. The summed E-state index contributed by atoms with van der Waals surface area (Å²) in [6, 6.07) is 8.65. The highest BCUT2D eigenvalue weighted by molar-refractivity contribution is 5.94. The zero-order chi connectivity index (χ0) is 16.8. The van der Waals surface area contributed by atoms with Gasteiger partial charge in [0.1, 0.15) is 5.69 Å². The first-order valence-electron chi connectivity index (χ1n) is 7.51. The monoisotopic (exact) mass is 312 g/mol. The van der Waals surface area contributed by atoms with E-state index in [1.165, 1.54) is 13.1 Å². The van der Waals surface area contributed by atoms with Crippen molar-refractivity contribution in [3.63, 3.8) is 0 Å². The summed E-state index contributed by atoms with van der Waals surface area (Å²) in [7, 11) is 0. The molecule has 1 unspecified atom stereocenters. The van der Waals surface area contributed by atoms with Crippen LogP contribution < -0.4 is 10.6 Å². The first kappa shape index (κ1) is 16.6. The van der Waals surface area contributed by atoms with Gasteiger partial charge in [0.15, 0.2) is 5.78 Å². The molecule has 120 valence electrons. The van der Waals surface area contributed by atoms with E-state index < -0.39 is 0 Å². The molecular weight excluding hydrogens is 292 g/mol. The van der Waals surface area contributed by atoms with Crippen LogP contribution in [-0.4, -0.2) is 27.7 Å². The van der Waals surface area contributed by atoms with E-state index in [1.54, 1.807) is 30.3 Å². The molecule has 1 aromatic carbocycles. The number of Topliss-reactive ketones (excluding diaryl/α,β-unsaturated/α-hetero) is 1. The molecule has 2 rings (SSSR count). The van der Waals surface area contributed by atoms with E-state index in [-0.39, 0.29) is 17.7 Å².